The average molecular weight is 337 g/mol. The molecule has 0 saturated heterocycles. The van der Waals surface area contributed by atoms with Crippen LogP contribution in [0.15, 0.2) is 16.8 Å². The molecule has 0 aromatic carbocycles. The van der Waals surface area contributed by atoms with Crippen molar-refractivity contribution in [1.82, 2.24) is 5.32 Å². The monoisotopic (exact) mass is 337 g/mol. The number of hydrogen-bond acceptors (Lipinski definition) is 4. The van der Waals surface area contributed by atoms with Gasteiger partial charge in [-0.05, 0) is 48.5 Å². The Hall–Kier alpha value is -1.36. The Balaban J connectivity index is 1.70. The Morgan fingerprint density at radius 1 is 1.30 bits per heavy atom. The molecule has 2 rings (SSSR count). The lowest BCUT2D eigenvalue weighted by Crippen LogP contribution is -2.41. The van der Waals surface area contributed by atoms with Crippen LogP contribution in [-0.4, -0.2) is 24.5 Å². The fraction of sp³-hybridized carbons (Fsp3) is 0.667. The molecule has 0 aliphatic heterocycles. The lowest BCUT2D eigenvalue weighted by molar-refractivity contribution is -0.125. The molecule has 0 unspecified atom stereocenters. The molecular weight excluding hydrogens is 310 g/mol. The molecule has 1 amide bonds. The maximum absolute atomic E-state index is 11.9. The van der Waals surface area contributed by atoms with Gasteiger partial charge in [-0.3, -0.25) is 4.79 Å². The predicted octanol–water partition coefficient (Wildman–Crippen LogP) is 4.02. The number of esters is 1. The van der Waals surface area contributed by atoms with Crippen molar-refractivity contribution in [3.05, 3.63) is 22.4 Å². The summed E-state index contributed by atoms with van der Waals surface area (Å²) in [5, 5.41) is 6.53. The first-order chi connectivity index (χ1) is 10.9. The second kappa shape index (κ2) is 7.95. The molecule has 1 aromatic rings. The lowest BCUT2D eigenvalue weighted by Gasteiger charge is -2.39. The smallest absolute Gasteiger partial charge is 0.339 e. The molecule has 0 bridgehead atoms. The van der Waals surface area contributed by atoms with E-state index in [0.717, 1.165) is 31.6 Å². The van der Waals surface area contributed by atoms with Crippen molar-refractivity contribution < 1.29 is 14.3 Å². The van der Waals surface area contributed by atoms with Gasteiger partial charge in [-0.1, -0.05) is 27.2 Å². The van der Waals surface area contributed by atoms with Gasteiger partial charge in [0.25, 0.3) is 5.91 Å². The third kappa shape index (κ3) is 5.06. The number of hydrogen-bond donors (Lipinski definition) is 1. The van der Waals surface area contributed by atoms with E-state index in [9.17, 15) is 9.59 Å². The fourth-order valence-electron chi connectivity index (χ4n) is 3.17. The Morgan fingerprint density at radius 3 is 2.57 bits per heavy atom. The molecule has 0 spiro atoms. The van der Waals surface area contributed by atoms with Crippen molar-refractivity contribution in [2.45, 2.75) is 58.9 Å². The molecule has 1 aromatic heterocycles. The SMILES string of the molecule is CCC(C)(C)C1CCC(NC(=O)COC(=O)c2ccsc2)CC1. The number of thiophene rings is 1. The van der Waals surface area contributed by atoms with E-state index in [0.29, 0.717) is 11.0 Å². The summed E-state index contributed by atoms with van der Waals surface area (Å²) in [7, 11) is 0. The van der Waals surface area contributed by atoms with E-state index in [1.807, 2.05) is 5.38 Å². The standard InChI is InChI=1S/C18H27NO3S/c1-4-18(2,3)14-5-7-15(8-6-14)19-16(20)11-22-17(21)13-9-10-23-12-13/h9-10,12,14-15H,4-8,11H2,1-3H3,(H,19,20). The van der Waals surface area contributed by atoms with Crippen molar-refractivity contribution in [2.24, 2.45) is 11.3 Å². The van der Waals surface area contributed by atoms with Crippen LogP contribution in [0, 0.1) is 11.3 Å². The van der Waals surface area contributed by atoms with Gasteiger partial charge < -0.3 is 10.1 Å². The number of carbonyl (C=O) groups is 2. The molecule has 1 saturated carbocycles. The molecule has 128 valence electrons. The van der Waals surface area contributed by atoms with Crippen molar-refractivity contribution in [1.29, 1.82) is 0 Å². The van der Waals surface area contributed by atoms with Gasteiger partial charge in [-0.2, -0.15) is 11.3 Å². The van der Waals surface area contributed by atoms with Crippen LogP contribution in [0.5, 0.6) is 0 Å². The van der Waals surface area contributed by atoms with Crippen LogP contribution < -0.4 is 5.32 Å². The second-order valence-electron chi connectivity index (χ2n) is 7.05. The molecule has 0 radical (unpaired) electrons. The quantitative estimate of drug-likeness (QED) is 0.798. The zero-order chi connectivity index (χ0) is 16.9. The summed E-state index contributed by atoms with van der Waals surface area (Å²) in [5.41, 5.74) is 0.885. The Morgan fingerprint density at radius 2 is 2.00 bits per heavy atom. The summed E-state index contributed by atoms with van der Waals surface area (Å²) in [6.07, 6.45) is 5.52. The fourth-order valence-corrected chi connectivity index (χ4v) is 3.80. The van der Waals surface area contributed by atoms with E-state index in [4.69, 9.17) is 4.74 Å². The molecule has 23 heavy (non-hydrogen) atoms. The Kier molecular flexibility index (Phi) is 6.22. The summed E-state index contributed by atoms with van der Waals surface area (Å²) in [6, 6.07) is 1.91. The van der Waals surface area contributed by atoms with Crippen LogP contribution in [0.3, 0.4) is 0 Å². The van der Waals surface area contributed by atoms with Crippen LogP contribution in [0.25, 0.3) is 0 Å². The zero-order valence-electron chi connectivity index (χ0n) is 14.3. The number of rotatable bonds is 6. The van der Waals surface area contributed by atoms with Crippen molar-refractivity contribution in [2.75, 3.05) is 6.61 Å². The van der Waals surface area contributed by atoms with Crippen molar-refractivity contribution in [3.63, 3.8) is 0 Å². The number of amides is 1. The maximum Gasteiger partial charge on any atom is 0.339 e. The molecule has 1 fully saturated rings. The largest absolute Gasteiger partial charge is 0.452 e. The topological polar surface area (TPSA) is 55.4 Å². The van der Waals surface area contributed by atoms with Crippen molar-refractivity contribution >= 4 is 23.2 Å². The van der Waals surface area contributed by atoms with Gasteiger partial charge in [-0.25, -0.2) is 4.79 Å². The maximum atomic E-state index is 11.9. The molecular formula is C18H27NO3S. The lowest BCUT2D eigenvalue weighted by atomic mass is 9.69. The number of nitrogens with one attached hydrogen (secondary N) is 1. The summed E-state index contributed by atoms with van der Waals surface area (Å²) < 4.78 is 5.04. The van der Waals surface area contributed by atoms with Gasteiger partial charge in [0.05, 0.1) is 5.56 Å². The van der Waals surface area contributed by atoms with Gasteiger partial charge in [0.1, 0.15) is 0 Å². The highest BCUT2D eigenvalue weighted by Crippen LogP contribution is 2.40. The minimum atomic E-state index is -0.435. The van der Waals surface area contributed by atoms with Crippen LogP contribution >= 0.6 is 11.3 Å². The number of carbonyl (C=O) groups excluding carboxylic acids is 2. The first kappa shape index (κ1) is 18.0. The van der Waals surface area contributed by atoms with E-state index in [1.54, 1.807) is 11.4 Å². The summed E-state index contributed by atoms with van der Waals surface area (Å²) >= 11 is 1.43. The van der Waals surface area contributed by atoms with E-state index >= 15 is 0 Å². The summed E-state index contributed by atoms with van der Waals surface area (Å²) in [5.74, 6) is 0.0960. The van der Waals surface area contributed by atoms with Crippen LogP contribution in [0.4, 0.5) is 0 Å². The summed E-state index contributed by atoms with van der Waals surface area (Å²) in [4.78, 5) is 23.6. The minimum absolute atomic E-state index is 0.199. The van der Waals surface area contributed by atoms with Gasteiger partial charge in [0, 0.05) is 11.4 Å². The van der Waals surface area contributed by atoms with E-state index in [1.165, 1.54) is 17.8 Å². The molecule has 1 N–H and O–H groups in total. The average Bonchev–Trinajstić information content (AvgIpc) is 3.07. The zero-order valence-corrected chi connectivity index (χ0v) is 15.1. The van der Waals surface area contributed by atoms with Gasteiger partial charge in [0.15, 0.2) is 6.61 Å². The third-order valence-corrected chi connectivity index (χ3v) is 5.88. The van der Waals surface area contributed by atoms with E-state index < -0.39 is 5.97 Å². The van der Waals surface area contributed by atoms with Crippen LogP contribution in [-0.2, 0) is 9.53 Å². The number of ether oxygens (including phenoxy) is 1. The Bertz CT molecular complexity index is 516. The molecule has 1 aliphatic rings. The normalized spacial score (nSPS) is 21.7. The van der Waals surface area contributed by atoms with Gasteiger partial charge in [0.2, 0.25) is 0 Å². The first-order valence-electron chi connectivity index (χ1n) is 8.41. The molecule has 0 atom stereocenters. The first-order valence-corrected chi connectivity index (χ1v) is 9.35. The molecule has 4 nitrogen and oxygen atoms in total. The summed E-state index contributed by atoms with van der Waals surface area (Å²) in [6.45, 7) is 6.71. The van der Waals surface area contributed by atoms with Crippen LogP contribution in [0.2, 0.25) is 0 Å². The predicted molar refractivity (Wildman–Crippen MR) is 92.6 cm³/mol. The minimum Gasteiger partial charge on any atom is -0.452 e. The van der Waals surface area contributed by atoms with Gasteiger partial charge in [-0.15, -0.1) is 0 Å². The van der Waals surface area contributed by atoms with E-state index in [-0.39, 0.29) is 18.6 Å². The molecule has 5 heteroatoms. The third-order valence-electron chi connectivity index (χ3n) is 5.20. The highest BCUT2D eigenvalue weighted by Gasteiger charge is 2.32. The molecule has 1 aliphatic carbocycles. The molecule has 1 heterocycles. The van der Waals surface area contributed by atoms with Crippen LogP contribution in [0.1, 0.15) is 63.2 Å². The van der Waals surface area contributed by atoms with Gasteiger partial charge >= 0.3 is 5.97 Å². The highest BCUT2D eigenvalue weighted by molar-refractivity contribution is 7.08. The van der Waals surface area contributed by atoms with Crippen molar-refractivity contribution in [3.8, 4) is 0 Å². The van der Waals surface area contributed by atoms with E-state index in [2.05, 4.69) is 26.1 Å². The highest BCUT2D eigenvalue weighted by atomic mass is 32.1. The Labute approximate surface area is 142 Å². The second-order valence-corrected chi connectivity index (χ2v) is 7.83.